The highest BCUT2D eigenvalue weighted by atomic mass is 32.5. The molecule has 17 heavy (non-hydrogen) atoms. The van der Waals surface area contributed by atoms with Crippen LogP contribution in [0.2, 0.25) is 0 Å². The smallest absolute Gasteiger partial charge is 0.312 e. The summed E-state index contributed by atoms with van der Waals surface area (Å²) >= 11 is 4.95. The zero-order valence-corrected chi connectivity index (χ0v) is 11.1. The maximum absolute atomic E-state index is 8.96. The first-order valence-electron chi connectivity index (χ1n) is 4.59. The largest absolute Gasteiger partial charge is 0.401 e. The lowest BCUT2D eigenvalue weighted by molar-refractivity contribution is 0.210. The Labute approximate surface area is 105 Å². The van der Waals surface area contributed by atoms with Crippen LogP contribution in [0.5, 0.6) is 0 Å². The minimum Gasteiger partial charge on any atom is -0.312 e. The van der Waals surface area contributed by atoms with Gasteiger partial charge in [-0.1, -0.05) is 35.5 Å². The molecule has 0 fully saturated rings. The van der Waals surface area contributed by atoms with E-state index in [0.717, 1.165) is 0 Å². The van der Waals surface area contributed by atoms with E-state index in [4.69, 9.17) is 30.7 Å². The Morgan fingerprint density at radius 3 is 2.35 bits per heavy atom. The summed E-state index contributed by atoms with van der Waals surface area (Å²) in [6.45, 7) is -2.87. The van der Waals surface area contributed by atoms with E-state index in [1.807, 2.05) is 12.1 Å². The lowest BCUT2D eigenvalue weighted by Crippen LogP contribution is -1.99. The Morgan fingerprint density at radius 2 is 1.88 bits per heavy atom. The molecule has 0 spiro atoms. The molecule has 0 saturated carbocycles. The van der Waals surface area contributed by atoms with Gasteiger partial charge in [-0.15, -0.1) is 0 Å². The van der Waals surface area contributed by atoms with Crippen molar-refractivity contribution in [3.8, 4) is 6.07 Å². The molecule has 7 heteroatoms. The Balaban J connectivity index is 2.91. The number of hydrogen-bond donors (Lipinski definition) is 0. The molecule has 0 atom stereocenters. The number of oxime groups is 1. The van der Waals surface area contributed by atoms with Crippen LogP contribution in [0.3, 0.4) is 0 Å². The third-order valence-electron chi connectivity index (χ3n) is 1.83. The van der Waals surface area contributed by atoms with E-state index < -0.39 is 6.72 Å². The van der Waals surface area contributed by atoms with Gasteiger partial charge in [0.25, 0.3) is 0 Å². The van der Waals surface area contributed by atoms with Crippen LogP contribution < -0.4 is 0 Å². The monoisotopic (exact) mass is 270 g/mol. The van der Waals surface area contributed by atoms with Crippen molar-refractivity contribution in [2.75, 3.05) is 14.2 Å². The Kier molecular flexibility index (Phi) is 5.26. The van der Waals surface area contributed by atoms with Crippen LogP contribution in [-0.2, 0) is 25.5 Å². The van der Waals surface area contributed by atoms with Gasteiger partial charge in [-0.3, -0.25) is 0 Å². The Morgan fingerprint density at radius 1 is 1.29 bits per heavy atom. The fourth-order valence-corrected chi connectivity index (χ4v) is 1.53. The number of benzene rings is 1. The third kappa shape index (κ3) is 3.91. The van der Waals surface area contributed by atoms with Crippen LogP contribution in [0.15, 0.2) is 35.5 Å². The molecule has 0 radical (unpaired) electrons. The normalized spacial score (nSPS) is 11.9. The number of rotatable bonds is 5. The van der Waals surface area contributed by atoms with Crippen molar-refractivity contribution < 1.29 is 13.7 Å². The van der Waals surface area contributed by atoms with Crippen molar-refractivity contribution in [2.24, 2.45) is 5.16 Å². The van der Waals surface area contributed by atoms with Crippen molar-refractivity contribution in [3.63, 3.8) is 0 Å². The number of nitriles is 1. The summed E-state index contributed by atoms with van der Waals surface area (Å²) in [6, 6.07) is 10.8. The molecule has 0 aliphatic carbocycles. The second kappa shape index (κ2) is 6.48. The molecule has 90 valence electrons. The first-order valence-corrected chi connectivity index (χ1v) is 7.14. The predicted molar refractivity (Wildman–Crippen MR) is 68.0 cm³/mol. The fourth-order valence-electron chi connectivity index (χ4n) is 0.966. The molecule has 0 aliphatic rings. The molecule has 0 aliphatic heterocycles. The van der Waals surface area contributed by atoms with Crippen LogP contribution >= 0.6 is 6.72 Å². The molecule has 0 unspecified atom stereocenters. The highest BCUT2D eigenvalue weighted by molar-refractivity contribution is 8.07. The first-order chi connectivity index (χ1) is 8.15. The molecule has 0 N–H and O–H groups in total. The molecule has 0 amide bonds. The second-order valence-electron chi connectivity index (χ2n) is 2.81. The van der Waals surface area contributed by atoms with Gasteiger partial charge < -0.3 is 13.7 Å². The van der Waals surface area contributed by atoms with Crippen molar-refractivity contribution in [1.82, 2.24) is 0 Å². The third-order valence-corrected chi connectivity index (χ3v) is 4.10. The molecule has 0 saturated heterocycles. The van der Waals surface area contributed by atoms with E-state index in [2.05, 4.69) is 5.16 Å². The molecule has 0 bridgehead atoms. The fraction of sp³-hybridized carbons (Fsp3) is 0.200. The van der Waals surface area contributed by atoms with E-state index in [-0.39, 0.29) is 5.71 Å². The van der Waals surface area contributed by atoms with Crippen LogP contribution in [-0.4, -0.2) is 19.9 Å². The van der Waals surface area contributed by atoms with Gasteiger partial charge in [0.05, 0.1) is 0 Å². The highest BCUT2D eigenvalue weighted by Gasteiger charge is 2.18. The lowest BCUT2D eigenvalue weighted by Gasteiger charge is -2.13. The minimum absolute atomic E-state index is 0.119. The van der Waals surface area contributed by atoms with Gasteiger partial charge in [0, 0.05) is 31.6 Å². The first kappa shape index (κ1) is 13.8. The molecule has 5 nitrogen and oxygen atoms in total. The van der Waals surface area contributed by atoms with Gasteiger partial charge in [0.2, 0.25) is 0 Å². The van der Waals surface area contributed by atoms with E-state index in [0.29, 0.717) is 5.56 Å². The van der Waals surface area contributed by atoms with Crippen molar-refractivity contribution in [3.05, 3.63) is 35.9 Å². The van der Waals surface area contributed by atoms with E-state index in [1.54, 1.807) is 24.3 Å². The molecule has 1 rings (SSSR count). The summed E-state index contributed by atoms with van der Waals surface area (Å²) in [5, 5.41) is 12.6. The maximum atomic E-state index is 8.96. The lowest BCUT2D eigenvalue weighted by atomic mass is 10.1. The van der Waals surface area contributed by atoms with E-state index in [9.17, 15) is 0 Å². The SMILES string of the molecule is COP(=S)(OC)O/N=C(\C#N)c1ccccc1. The second-order valence-corrected chi connectivity index (χ2v) is 5.94. The van der Waals surface area contributed by atoms with Gasteiger partial charge in [0.15, 0.2) is 5.71 Å². The van der Waals surface area contributed by atoms with Crippen molar-refractivity contribution in [2.45, 2.75) is 0 Å². The Bertz CT molecular complexity index is 476. The van der Waals surface area contributed by atoms with Crippen LogP contribution in [0, 0.1) is 11.3 Å². The summed E-state index contributed by atoms with van der Waals surface area (Å²) in [7, 11) is 2.74. The van der Waals surface area contributed by atoms with E-state index in [1.165, 1.54) is 14.2 Å². The summed E-state index contributed by atoms with van der Waals surface area (Å²) in [6.07, 6.45) is 0. The van der Waals surface area contributed by atoms with Gasteiger partial charge in [-0.05, 0) is 0 Å². The van der Waals surface area contributed by atoms with Crippen LogP contribution in [0.25, 0.3) is 0 Å². The number of nitrogens with zero attached hydrogens (tertiary/aromatic N) is 2. The topological polar surface area (TPSA) is 63.8 Å². The van der Waals surface area contributed by atoms with Gasteiger partial charge >= 0.3 is 6.72 Å². The van der Waals surface area contributed by atoms with E-state index >= 15 is 0 Å². The maximum Gasteiger partial charge on any atom is 0.401 e. The highest BCUT2D eigenvalue weighted by Crippen LogP contribution is 2.48. The summed E-state index contributed by atoms with van der Waals surface area (Å²) < 4.78 is 14.7. The van der Waals surface area contributed by atoms with Crippen LogP contribution in [0.4, 0.5) is 0 Å². The average molecular weight is 270 g/mol. The number of hydrogen-bond acceptors (Lipinski definition) is 6. The summed E-state index contributed by atoms with van der Waals surface area (Å²) in [5.74, 6) is 0. The van der Waals surface area contributed by atoms with Gasteiger partial charge in [-0.25, -0.2) is 0 Å². The summed E-state index contributed by atoms with van der Waals surface area (Å²) in [4.78, 5) is 0. The minimum atomic E-state index is -2.87. The standard InChI is InChI=1S/C10H11N2O3PS/c1-13-16(17,14-2)15-12-10(8-11)9-6-4-3-5-7-9/h3-7H,1-2H3/b12-10+. The Hall–Kier alpha value is -1.25. The molecule has 0 heterocycles. The predicted octanol–water partition coefficient (Wildman–Crippen LogP) is 2.45. The quantitative estimate of drug-likeness (QED) is 0.467. The molecular weight excluding hydrogens is 259 g/mol. The average Bonchev–Trinajstić information content (AvgIpc) is 2.40. The summed E-state index contributed by atoms with van der Waals surface area (Å²) in [5.41, 5.74) is 0.762. The molecule has 0 aromatic heterocycles. The molecule has 1 aromatic carbocycles. The van der Waals surface area contributed by atoms with Gasteiger partial charge in [0.1, 0.15) is 6.07 Å². The zero-order chi connectivity index (χ0) is 12.7. The molecular formula is C10H11N2O3PS. The van der Waals surface area contributed by atoms with Crippen molar-refractivity contribution in [1.29, 1.82) is 5.26 Å². The molecule has 1 aromatic rings. The van der Waals surface area contributed by atoms with Crippen LogP contribution in [0.1, 0.15) is 5.56 Å². The zero-order valence-electron chi connectivity index (χ0n) is 9.36. The van der Waals surface area contributed by atoms with Crippen molar-refractivity contribution >= 4 is 24.2 Å². The van der Waals surface area contributed by atoms with Gasteiger partial charge in [-0.2, -0.15) is 5.26 Å².